The number of rotatable bonds is 8. The summed E-state index contributed by atoms with van der Waals surface area (Å²) in [6, 6.07) is 8.30. The van der Waals surface area contributed by atoms with E-state index in [4.69, 9.17) is 32.5 Å². The summed E-state index contributed by atoms with van der Waals surface area (Å²) in [7, 11) is 0. The van der Waals surface area contributed by atoms with Crippen molar-refractivity contribution in [1.82, 2.24) is 10.1 Å². The molecule has 3 aliphatic rings. The minimum atomic E-state index is -1.14. The van der Waals surface area contributed by atoms with Crippen molar-refractivity contribution in [2.45, 2.75) is 62.8 Å². The SMILES string of the molecule is O=CNc1cc(F)c2nc(C3(O)[C@@H]4CC[C@H]3CC(OCc3c(-c5c(Cl)cccc5Cl)noc3C3CC3)C4)sc2c1. The Morgan fingerprint density at radius 3 is 2.58 bits per heavy atom. The Bertz CT molecular complexity index is 1590. The van der Waals surface area contributed by atoms with Crippen molar-refractivity contribution in [2.75, 3.05) is 5.32 Å². The fourth-order valence-corrected chi connectivity index (χ4v) is 8.39. The standard InChI is InChI=1S/C29H26Cl2FN3O4S/c30-20-2-1-3-21(31)24(20)25-19(27(39-35-25)14-4-5-14)12-38-18-8-15-6-7-16(9-18)29(15,37)28-34-26-22(32)10-17(33-13-36)11-23(26)40-28/h1-3,10-11,13-16,18,37H,4-9,12H2,(H,33,36)/t15-,16+,18?,29?. The Hall–Kier alpha value is -2.56. The van der Waals surface area contributed by atoms with Gasteiger partial charge in [-0.05, 0) is 74.6 Å². The molecule has 2 aromatic heterocycles. The number of nitrogens with one attached hydrogen (secondary N) is 1. The Morgan fingerprint density at radius 1 is 1.18 bits per heavy atom. The van der Waals surface area contributed by atoms with Crippen molar-refractivity contribution in [3.8, 4) is 11.3 Å². The first-order chi connectivity index (χ1) is 19.4. The van der Waals surface area contributed by atoms with E-state index in [1.165, 1.54) is 17.4 Å². The molecular formula is C29H26Cl2FN3O4S. The van der Waals surface area contributed by atoms with Gasteiger partial charge in [0.25, 0.3) is 0 Å². The number of aromatic nitrogens is 2. The molecule has 7 nitrogen and oxygen atoms in total. The molecule has 7 rings (SSSR count). The van der Waals surface area contributed by atoms with E-state index in [0.717, 1.165) is 37.0 Å². The zero-order valence-electron chi connectivity index (χ0n) is 21.3. The van der Waals surface area contributed by atoms with E-state index in [1.807, 2.05) is 0 Å². The number of aliphatic hydroxyl groups is 1. The van der Waals surface area contributed by atoms with Crippen LogP contribution in [0.3, 0.4) is 0 Å². The van der Waals surface area contributed by atoms with Crippen LogP contribution in [0.5, 0.6) is 0 Å². The summed E-state index contributed by atoms with van der Waals surface area (Å²) in [4.78, 5) is 15.4. The Labute approximate surface area is 243 Å². The third kappa shape index (κ3) is 4.34. The minimum absolute atomic E-state index is 0.0599. The molecule has 11 heteroatoms. The molecule has 0 radical (unpaired) electrons. The first-order valence-electron chi connectivity index (χ1n) is 13.4. The van der Waals surface area contributed by atoms with Crippen molar-refractivity contribution < 1.29 is 23.6 Å². The van der Waals surface area contributed by atoms with E-state index >= 15 is 0 Å². The lowest BCUT2D eigenvalue weighted by Crippen LogP contribution is -2.44. The predicted molar refractivity (Wildman–Crippen MR) is 151 cm³/mol. The van der Waals surface area contributed by atoms with E-state index in [0.29, 0.717) is 68.5 Å². The molecule has 3 saturated carbocycles. The largest absolute Gasteiger partial charge is 0.382 e. The number of halogens is 3. The number of ether oxygens (including phenoxy) is 1. The van der Waals surface area contributed by atoms with Gasteiger partial charge in [0.2, 0.25) is 6.41 Å². The highest BCUT2D eigenvalue weighted by atomic mass is 35.5. The number of hydrogen-bond donors (Lipinski definition) is 2. The van der Waals surface area contributed by atoms with Crippen LogP contribution in [0, 0.1) is 17.7 Å². The second-order valence-electron chi connectivity index (χ2n) is 11.0. The number of nitrogens with zero attached hydrogens (tertiary/aromatic N) is 2. The maximum atomic E-state index is 14.7. The monoisotopic (exact) mass is 601 g/mol. The summed E-state index contributed by atoms with van der Waals surface area (Å²) in [6.45, 7) is 0.313. The minimum Gasteiger partial charge on any atom is -0.382 e. The van der Waals surface area contributed by atoms with Crippen LogP contribution in [0.4, 0.5) is 10.1 Å². The summed E-state index contributed by atoms with van der Waals surface area (Å²) in [5, 5.41) is 20.4. The molecule has 208 valence electrons. The molecule has 2 unspecified atom stereocenters. The van der Waals surface area contributed by atoms with Crippen molar-refractivity contribution in [3.63, 3.8) is 0 Å². The molecule has 3 aliphatic carbocycles. The van der Waals surface area contributed by atoms with Gasteiger partial charge in [0, 0.05) is 22.7 Å². The van der Waals surface area contributed by atoms with E-state index in [9.17, 15) is 14.3 Å². The van der Waals surface area contributed by atoms with Gasteiger partial charge < -0.3 is 19.7 Å². The predicted octanol–water partition coefficient (Wildman–Crippen LogP) is 7.44. The number of thiazole rings is 1. The summed E-state index contributed by atoms with van der Waals surface area (Å²) in [6.07, 6.45) is 5.56. The van der Waals surface area contributed by atoms with Gasteiger partial charge in [0.15, 0.2) is 5.82 Å². The van der Waals surface area contributed by atoms with Gasteiger partial charge in [0.05, 0.1) is 27.5 Å². The first-order valence-corrected chi connectivity index (χ1v) is 15.0. The van der Waals surface area contributed by atoms with E-state index < -0.39 is 11.4 Å². The van der Waals surface area contributed by atoms with E-state index in [2.05, 4.69) is 15.5 Å². The molecule has 1 amide bonds. The molecule has 2 bridgehead atoms. The smallest absolute Gasteiger partial charge is 0.211 e. The molecule has 4 atom stereocenters. The number of fused-ring (bicyclic) bond motifs is 3. The van der Waals surface area contributed by atoms with Gasteiger partial charge in [-0.15, -0.1) is 11.3 Å². The van der Waals surface area contributed by atoms with E-state index in [1.54, 1.807) is 24.3 Å². The van der Waals surface area contributed by atoms with Crippen LogP contribution in [0.25, 0.3) is 21.5 Å². The van der Waals surface area contributed by atoms with Gasteiger partial charge in [-0.3, -0.25) is 4.79 Å². The molecule has 3 fully saturated rings. The second kappa shape index (κ2) is 10.1. The Morgan fingerprint density at radius 2 is 1.90 bits per heavy atom. The Kier molecular flexibility index (Phi) is 6.63. The first kappa shape index (κ1) is 26.3. The van der Waals surface area contributed by atoms with Crippen LogP contribution in [-0.2, 0) is 21.7 Å². The van der Waals surface area contributed by atoms with Crippen LogP contribution in [0.15, 0.2) is 34.9 Å². The average Bonchev–Trinajstić information content (AvgIpc) is 3.50. The van der Waals surface area contributed by atoms with Gasteiger partial charge in [-0.1, -0.05) is 34.4 Å². The quantitative estimate of drug-likeness (QED) is 0.204. The fraction of sp³-hybridized carbons (Fsp3) is 0.414. The van der Waals surface area contributed by atoms with Crippen LogP contribution in [0.1, 0.15) is 60.8 Å². The normalized spacial score (nSPS) is 25.9. The highest BCUT2D eigenvalue weighted by Gasteiger charge is 2.56. The maximum absolute atomic E-state index is 14.7. The zero-order chi connectivity index (χ0) is 27.6. The molecule has 40 heavy (non-hydrogen) atoms. The third-order valence-electron chi connectivity index (χ3n) is 8.65. The number of hydrogen-bond acceptors (Lipinski definition) is 7. The van der Waals surface area contributed by atoms with Crippen LogP contribution in [-0.4, -0.2) is 27.8 Å². The maximum Gasteiger partial charge on any atom is 0.211 e. The summed E-state index contributed by atoms with van der Waals surface area (Å²) in [5.41, 5.74) is 1.58. The second-order valence-corrected chi connectivity index (χ2v) is 12.9. The average molecular weight is 603 g/mol. The highest BCUT2D eigenvalue weighted by molar-refractivity contribution is 7.18. The number of anilines is 1. The number of carbonyl (C=O) groups is 1. The fourth-order valence-electron chi connectivity index (χ4n) is 6.55. The molecule has 2 aromatic carbocycles. The lowest BCUT2D eigenvalue weighted by atomic mass is 9.73. The lowest BCUT2D eigenvalue weighted by molar-refractivity contribution is -0.116. The topological polar surface area (TPSA) is 97.5 Å². The van der Waals surface area contributed by atoms with Crippen LogP contribution in [0.2, 0.25) is 10.0 Å². The zero-order valence-corrected chi connectivity index (χ0v) is 23.7. The number of benzene rings is 2. The molecule has 4 aromatic rings. The van der Waals surface area contributed by atoms with Crippen molar-refractivity contribution in [3.05, 3.63) is 62.5 Å². The van der Waals surface area contributed by atoms with Gasteiger partial charge in [0.1, 0.15) is 27.6 Å². The van der Waals surface area contributed by atoms with Crippen molar-refractivity contribution in [1.29, 1.82) is 0 Å². The van der Waals surface area contributed by atoms with Crippen molar-refractivity contribution in [2.24, 2.45) is 11.8 Å². The van der Waals surface area contributed by atoms with Gasteiger partial charge in [-0.2, -0.15) is 0 Å². The molecular weight excluding hydrogens is 576 g/mol. The van der Waals surface area contributed by atoms with Crippen LogP contribution >= 0.6 is 34.5 Å². The molecule has 0 saturated heterocycles. The van der Waals surface area contributed by atoms with Crippen molar-refractivity contribution >= 4 is 56.9 Å². The molecule has 2 heterocycles. The molecule has 0 aliphatic heterocycles. The lowest BCUT2D eigenvalue weighted by Gasteiger charge is -2.41. The Balaban J connectivity index is 1.13. The summed E-state index contributed by atoms with van der Waals surface area (Å²) >= 11 is 14.3. The van der Waals surface area contributed by atoms with Gasteiger partial charge >= 0.3 is 0 Å². The number of amides is 1. The number of carbonyl (C=O) groups excluding carboxylic acids is 1. The third-order valence-corrected chi connectivity index (χ3v) is 10.4. The summed E-state index contributed by atoms with van der Waals surface area (Å²) < 4.78 is 27.6. The summed E-state index contributed by atoms with van der Waals surface area (Å²) in [5.74, 6) is 0.522. The van der Waals surface area contributed by atoms with E-state index in [-0.39, 0.29) is 23.5 Å². The highest BCUT2D eigenvalue weighted by Crippen LogP contribution is 2.57. The molecule has 2 N–H and O–H groups in total. The van der Waals surface area contributed by atoms with Gasteiger partial charge in [-0.25, -0.2) is 9.37 Å². The molecule has 0 spiro atoms. The van der Waals surface area contributed by atoms with Crippen LogP contribution < -0.4 is 5.32 Å².